The molecule has 1 atom stereocenters. The minimum absolute atomic E-state index is 0.0358. The molecular formula is C22H23N3O2. The largest absolute Gasteiger partial charge is 0.348 e. The summed E-state index contributed by atoms with van der Waals surface area (Å²) in [5.41, 5.74) is 4.37. The molecule has 0 radical (unpaired) electrons. The number of fused-ring (bicyclic) bond motifs is 2. The lowest BCUT2D eigenvalue weighted by atomic mass is 9.89. The topological polar surface area (TPSA) is 64.0 Å². The van der Waals surface area contributed by atoms with Crippen molar-refractivity contribution in [2.75, 3.05) is 0 Å². The van der Waals surface area contributed by atoms with Crippen LogP contribution in [-0.2, 0) is 24.2 Å². The maximum Gasteiger partial charge on any atom is 0.261 e. The van der Waals surface area contributed by atoms with Gasteiger partial charge in [0.2, 0.25) is 5.91 Å². The van der Waals surface area contributed by atoms with E-state index >= 15 is 0 Å². The summed E-state index contributed by atoms with van der Waals surface area (Å²) in [6.45, 7) is 1.94. The van der Waals surface area contributed by atoms with Gasteiger partial charge < -0.3 is 5.32 Å². The first kappa shape index (κ1) is 17.5. The molecule has 0 saturated carbocycles. The standard InChI is InChI=1S/C22H23N3O2/c1-15(17-11-10-16-6-2-3-7-18(16)12-17)24-21(26)13-25-14-23-20-9-5-4-8-19(20)22(25)27/h4-5,8-12,14-15H,2-3,6-7,13H2,1H3,(H,24,26). The molecule has 3 aromatic rings. The van der Waals surface area contributed by atoms with Crippen LogP contribution in [0.3, 0.4) is 0 Å². The number of amides is 1. The molecule has 1 unspecified atom stereocenters. The van der Waals surface area contributed by atoms with E-state index in [1.807, 2.05) is 13.0 Å². The van der Waals surface area contributed by atoms with Crippen molar-refractivity contribution in [3.8, 4) is 0 Å². The molecule has 1 aliphatic carbocycles. The van der Waals surface area contributed by atoms with Gasteiger partial charge >= 0.3 is 0 Å². The zero-order chi connectivity index (χ0) is 18.8. The minimum atomic E-state index is -0.197. The Morgan fingerprint density at radius 1 is 1.15 bits per heavy atom. The molecule has 138 valence electrons. The highest BCUT2D eigenvalue weighted by Gasteiger charge is 2.15. The fourth-order valence-electron chi connectivity index (χ4n) is 3.77. The van der Waals surface area contributed by atoms with Gasteiger partial charge in [0.15, 0.2) is 0 Å². The number of hydrogen-bond donors (Lipinski definition) is 1. The fraction of sp³-hybridized carbons (Fsp3) is 0.318. The second-order valence-electron chi connectivity index (χ2n) is 7.22. The molecular weight excluding hydrogens is 338 g/mol. The van der Waals surface area contributed by atoms with Gasteiger partial charge in [-0.3, -0.25) is 14.2 Å². The van der Waals surface area contributed by atoms with E-state index in [1.165, 1.54) is 34.9 Å². The zero-order valence-corrected chi connectivity index (χ0v) is 15.4. The summed E-state index contributed by atoms with van der Waals surface area (Å²) < 4.78 is 1.36. The highest BCUT2D eigenvalue weighted by molar-refractivity contribution is 5.79. The smallest absolute Gasteiger partial charge is 0.261 e. The number of carbonyl (C=O) groups excluding carboxylic acids is 1. The second-order valence-corrected chi connectivity index (χ2v) is 7.22. The number of aromatic nitrogens is 2. The van der Waals surface area contributed by atoms with Crippen molar-refractivity contribution >= 4 is 16.8 Å². The number of carbonyl (C=O) groups is 1. The quantitative estimate of drug-likeness (QED) is 0.776. The molecule has 1 N–H and O–H groups in total. The Morgan fingerprint density at radius 2 is 1.93 bits per heavy atom. The van der Waals surface area contributed by atoms with Crippen LogP contribution in [-0.4, -0.2) is 15.5 Å². The molecule has 5 heteroatoms. The van der Waals surface area contributed by atoms with Crippen molar-refractivity contribution in [3.05, 3.63) is 75.8 Å². The first-order valence-electron chi connectivity index (χ1n) is 9.47. The van der Waals surface area contributed by atoms with Crippen molar-refractivity contribution in [1.82, 2.24) is 14.9 Å². The van der Waals surface area contributed by atoms with E-state index in [0.717, 1.165) is 18.4 Å². The van der Waals surface area contributed by atoms with E-state index in [9.17, 15) is 9.59 Å². The lowest BCUT2D eigenvalue weighted by molar-refractivity contribution is -0.122. The van der Waals surface area contributed by atoms with E-state index in [4.69, 9.17) is 0 Å². The summed E-state index contributed by atoms with van der Waals surface area (Å²) in [4.78, 5) is 29.3. The van der Waals surface area contributed by atoms with Gasteiger partial charge in [-0.25, -0.2) is 4.98 Å². The van der Waals surface area contributed by atoms with Crippen molar-refractivity contribution in [2.24, 2.45) is 0 Å². The molecule has 0 saturated heterocycles. The second kappa shape index (κ2) is 7.35. The lowest BCUT2D eigenvalue weighted by Crippen LogP contribution is -2.34. The first-order chi connectivity index (χ1) is 13.1. The van der Waals surface area contributed by atoms with E-state index in [0.29, 0.717) is 10.9 Å². The Labute approximate surface area is 158 Å². The Hall–Kier alpha value is -2.95. The Bertz CT molecular complexity index is 1050. The summed E-state index contributed by atoms with van der Waals surface area (Å²) in [6, 6.07) is 13.6. The van der Waals surface area contributed by atoms with Crippen molar-refractivity contribution in [1.29, 1.82) is 0 Å². The molecule has 27 heavy (non-hydrogen) atoms. The van der Waals surface area contributed by atoms with Crippen LogP contribution in [0.4, 0.5) is 0 Å². The van der Waals surface area contributed by atoms with Gasteiger partial charge in [-0.15, -0.1) is 0 Å². The average Bonchev–Trinajstić information content (AvgIpc) is 2.70. The van der Waals surface area contributed by atoms with Crippen LogP contribution < -0.4 is 10.9 Å². The van der Waals surface area contributed by atoms with E-state index < -0.39 is 0 Å². The third-order valence-electron chi connectivity index (χ3n) is 5.30. The van der Waals surface area contributed by atoms with Crippen LogP contribution in [0, 0.1) is 0 Å². The molecule has 0 aliphatic heterocycles. The van der Waals surface area contributed by atoms with Crippen LogP contribution in [0.15, 0.2) is 53.6 Å². The third-order valence-corrected chi connectivity index (χ3v) is 5.30. The predicted octanol–water partition coefficient (Wildman–Crippen LogP) is 3.15. The van der Waals surface area contributed by atoms with Crippen molar-refractivity contribution in [3.63, 3.8) is 0 Å². The van der Waals surface area contributed by atoms with Crippen LogP contribution in [0.1, 0.15) is 42.5 Å². The maximum absolute atomic E-state index is 12.5. The number of rotatable bonds is 4. The van der Waals surface area contributed by atoms with Gasteiger partial charge in [-0.1, -0.05) is 30.3 Å². The van der Waals surface area contributed by atoms with Gasteiger partial charge in [0.05, 0.1) is 23.3 Å². The predicted molar refractivity (Wildman–Crippen MR) is 106 cm³/mol. The summed E-state index contributed by atoms with van der Waals surface area (Å²) in [5.74, 6) is -0.195. The first-order valence-corrected chi connectivity index (χ1v) is 9.47. The van der Waals surface area contributed by atoms with Crippen LogP contribution in [0.5, 0.6) is 0 Å². The number of aryl methyl sites for hydroxylation is 2. The molecule has 1 aliphatic rings. The van der Waals surface area contributed by atoms with Gasteiger partial charge in [0, 0.05) is 0 Å². The zero-order valence-electron chi connectivity index (χ0n) is 15.4. The molecule has 1 amide bonds. The molecule has 0 spiro atoms. The Morgan fingerprint density at radius 3 is 2.78 bits per heavy atom. The SMILES string of the molecule is CC(NC(=O)Cn1cnc2ccccc2c1=O)c1ccc2c(c1)CCCC2. The minimum Gasteiger partial charge on any atom is -0.348 e. The molecule has 0 bridgehead atoms. The molecule has 5 nitrogen and oxygen atoms in total. The van der Waals surface area contributed by atoms with Gasteiger partial charge in [0.25, 0.3) is 5.56 Å². The normalized spacial score (nSPS) is 14.6. The number of nitrogens with one attached hydrogen (secondary N) is 1. The molecule has 4 rings (SSSR count). The van der Waals surface area contributed by atoms with E-state index in [2.05, 4.69) is 28.5 Å². The van der Waals surface area contributed by atoms with Crippen molar-refractivity contribution < 1.29 is 4.79 Å². The summed E-state index contributed by atoms with van der Waals surface area (Å²) in [5, 5.41) is 3.52. The van der Waals surface area contributed by atoms with Crippen LogP contribution in [0.25, 0.3) is 10.9 Å². The molecule has 1 heterocycles. The lowest BCUT2D eigenvalue weighted by Gasteiger charge is -2.20. The number of benzene rings is 2. The molecule has 2 aromatic carbocycles. The number of nitrogens with zero attached hydrogens (tertiary/aromatic N) is 2. The van der Waals surface area contributed by atoms with Gasteiger partial charge in [-0.05, 0) is 61.4 Å². The summed E-state index contributed by atoms with van der Waals surface area (Å²) in [7, 11) is 0. The fourth-order valence-corrected chi connectivity index (χ4v) is 3.77. The highest BCUT2D eigenvalue weighted by atomic mass is 16.2. The van der Waals surface area contributed by atoms with Gasteiger partial charge in [0.1, 0.15) is 6.54 Å². The maximum atomic E-state index is 12.5. The average molecular weight is 361 g/mol. The van der Waals surface area contributed by atoms with Gasteiger partial charge in [-0.2, -0.15) is 0 Å². The monoisotopic (exact) mass is 361 g/mol. The van der Waals surface area contributed by atoms with Crippen molar-refractivity contribution in [2.45, 2.75) is 45.2 Å². The number of para-hydroxylation sites is 1. The van der Waals surface area contributed by atoms with Crippen LogP contribution in [0.2, 0.25) is 0 Å². The Kier molecular flexibility index (Phi) is 4.75. The van der Waals surface area contributed by atoms with Crippen LogP contribution >= 0.6 is 0 Å². The Balaban J connectivity index is 1.48. The molecule has 1 aromatic heterocycles. The summed E-state index contributed by atoms with van der Waals surface area (Å²) >= 11 is 0. The summed E-state index contributed by atoms with van der Waals surface area (Å²) in [6.07, 6.45) is 6.19. The van der Waals surface area contributed by atoms with E-state index in [-0.39, 0.29) is 24.1 Å². The van der Waals surface area contributed by atoms with E-state index in [1.54, 1.807) is 18.2 Å². The number of hydrogen-bond acceptors (Lipinski definition) is 3. The highest BCUT2D eigenvalue weighted by Crippen LogP contribution is 2.24. The molecule has 0 fully saturated rings. The third kappa shape index (κ3) is 3.63.